The summed E-state index contributed by atoms with van der Waals surface area (Å²) in [7, 11) is 0. The molecule has 1 aromatic heterocycles. The standard InChI is InChI=1S/C14H14F2N2O3/c15-12(16)8-21-6-5-17-13-9-3-1-2-4-11(9)18-7-10(13)14(19)20/h1-4,7,12H,5-6,8H2,(H,17,18)(H,19,20). The molecule has 1 aromatic carbocycles. The predicted octanol–water partition coefficient (Wildman–Crippen LogP) is 2.63. The van der Waals surface area contributed by atoms with E-state index in [0.29, 0.717) is 16.6 Å². The van der Waals surface area contributed by atoms with Gasteiger partial charge in [-0.05, 0) is 6.07 Å². The van der Waals surface area contributed by atoms with Gasteiger partial charge in [0.1, 0.15) is 12.2 Å². The average Bonchev–Trinajstić information content (AvgIpc) is 2.46. The summed E-state index contributed by atoms with van der Waals surface area (Å²) < 4.78 is 28.6. The molecule has 0 radical (unpaired) electrons. The van der Waals surface area contributed by atoms with Crippen LogP contribution in [0.2, 0.25) is 0 Å². The summed E-state index contributed by atoms with van der Waals surface area (Å²) in [5.41, 5.74) is 1.09. The summed E-state index contributed by atoms with van der Waals surface area (Å²) in [6, 6.07) is 7.08. The minimum absolute atomic E-state index is 0.0301. The maximum atomic E-state index is 11.9. The Morgan fingerprint density at radius 2 is 2.14 bits per heavy atom. The average molecular weight is 296 g/mol. The Bertz CT molecular complexity index is 635. The molecular formula is C14H14F2N2O3. The van der Waals surface area contributed by atoms with Crippen molar-refractivity contribution in [2.24, 2.45) is 0 Å². The number of rotatable bonds is 7. The number of hydrogen-bond acceptors (Lipinski definition) is 4. The van der Waals surface area contributed by atoms with Crippen molar-refractivity contribution >= 4 is 22.6 Å². The number of halogens is 2. The lowest BCUT2D eigenvalue weighted by atomic mass is 10.1. The molecule has 112 valence electrons. The van der Waals surface area contributed by atoms with Gasteiger partial charge in [0.25, 0.3) is 6.43 Å². The van der Waals surface area contributed by atoms with E-state index in [4.69, 9.17) is 4.74 Å². The molecule has 2 N–H and O–H groups in total. The molecule has 2 aromatic rings. The van der Waals surface area contributed by atoms with Crippen LogP contribution in [0.15, 0.2) is 30.5 Å². The van der Waals surface area contributed by atoms with Crippen molar-refractivity contribution in [3.05, 3.63) is 36.0 Å². The van der Waals surface area contributed by atoms with Gasteiger partial charge in [0.15, 0.2) is 0 Å². The van der Waals surface area contributed by atoms with Crippen molar-refractivity contribution in [1.29, 1.82) is 0 Å². The first-order chi connectivity index (χ1) is 10.1. The molecule has 0 unspecified atom stereocenters. The Kier molecular flexibility index (Phi) is 4.99. The topological polar surface area (TPSA) is 71.5 Å². The highest BCUT2D eigenvalue weighted by molar-refractivity contribution is 6.04. The Hall–Kier alpha value is -2.28. The summed E-state index contributed by atoms with van der Waals surface area (Å²) >= 11 is 0. The number of nitrogens with zero attached hydrogens (tertiary/aromatic N) is 1. The van der Waals surface area contributed by atoms with Crippen LogP contribution in [0.3, 0.4) is 0 Å². The smallest absolute Gasteiger partial charge is 0.339 e. The third-order valence-electron chi connectivity index (χ3n) is 2.80. The van der Waals surface area contributed by atoms with Crippen LogP contribution in [0, 0.1) is 0 Å². The van der Waals surface area contributed by atoms with Crippen LogP contribution in [0.5, 0.6) is 0 Å². The van der Waals surface area contributed by atoms with E-state index in [2.05, 4.69) is 10.3 Å². The van der Waals surface area contributed by atoms with E-state index in [-0.39, 0.29) is 18.7 Å². The second-order valence-corrected chi connectivity index (χ2v) is 4.26. The van der Waals surface area contributed by atoms with Gasteiger partial charge < -0.3 is 15.2 Å². The molecule has 0 atom stereocenters. The molecule has 0 saturated heterocycles. The van der Waals surface area contributed by atoms with Crippen LogP contribution in [-0.4, -0.2) is 42.2 Å². The normalized spacial score (nSPS) is 11.0. The number of hydrogen-bond donors (Lipinski definition) is 2. The molecule has 0 fully saturated rings. The number of aromatic carboxylic acids is 1. The number of aromatic nitrogens is 1. The summed E-state index contributed by atoms with van der Waals surface area (Å²) in [6.07, 6.45) is -1.24. The molecule has 2 rings (SSSR count). The van der Waals surface area contributed by atoms with Crippen LogP contribution >= 0.6 is 0 Å². The van der Waals surface area contributed by atoms with Gasteiger partial charge in [-0.15, -0.1) is 0 Å². The Morgan fingerprint density at radius 3 is 2.86 bits per heavy atom. The van der Waals surface area contributed by atoms with Gasteiger partial charge in [-0.1, -0.05) is 18.2 Å². The Labute approximate surface area is 119 Å². The number of fused-ring (bicyclic) bond motifs is 1. The van der Waals surface area contributed by atoms with Crippen molar-refractivity contribution < 1.29 is 23.4 Å². The lowest BCUT2D eigenvalue weighted by Gasteiger charge is -2.12. The molecule has 7 heteroatoms. The van der Waals surface area contributed by atoms with E-state index in [9.17, 15) is 18.7 Å². The number of carbonyl (C=O) groups is 1. The molecule has 0 spiro atoms. The number of anilines is 1. The van der Waals surface area contributed by atoms with Crippen molar-refractivity contribution in [2.45, 2.75) is 6.43 Å². The summed E-state index contributed by atoms with van der Waals surface area (Å²) in [4.78, 5) is 15.3. The maximum absolute atomic E-state index is 11.9. The van der Waals surface area contributed by atoms with Gasteiger partial charge in [-0.2, -0.15) is 0 Å². The Balaban J connectivity index is 2.16. The van der Waals surface area contributed by atoms with E-state index in [0.717, 1.165) is 0 Å². The summed E-state index contributed by atoms with van der Waals surface area (Å²) in [5.74, 6) is -1.11. The van der Waals surface area contributed by atoms with Crippen LogP contribution in [0.1, 0.15) is 10.4 Å². The third-order valence-corrected chi connectivity index (χ3v) is 2.80. The van der Waals surface area contributed by atoms with Crippen molar-refractivity contribution in [3.8, 4) is 0 Å². The molecule has 5 nitrogen and oxygen atoms in total. The van der Waals surface area contributed by atoms with E-state index >= 15 is 0 Å². The van der Waals surface area contributed by atoms with Gasteiger partial charge in [0, 0.05) is 18.1 Å². The number of nitrogens with one attached hydrogen (secondary N) is 1. The largest absolute Gasteiger partial charge is 0.478 e. The zero-order valence-corrected chi connectivity index (χ0v) is 11.1. The number of ether oxygens (including phenoxy) is 1. The number of carboxylic acids is 1. The number of para-hydroxylation sites is 1. The number of alkyl halides is 2. The van der Waals surface area contributed by atoms with Gasteiger partial charge in [-0.25, -0.2) is 13.6 Å². The first-order valence-electron chi connectivity index (χ1n) is 6.30. The zero-order valence-electron chi connectivity index (χ0n) is 11.1. The lowest BCUT2D eigenvalue weighted by molar-refractivity contribution is 0.0215. The van der Waals surface area contributed by atoms with Crippen LogP contribution < -0.4 is 5.32 Å². The van der Waals surface area contributed by atoms with E-state index < -0.39 is 19.0 Å². The molecule has 0 amide bonds. The highest BCUT2D eigenvalue weighted by atomic mass is 19.3. The summed E-state index contributed by atoms with van der Waals surface area (Å²) in [6.45, 7) is -0.356. The van der Waals surface area contributed by atoms with Crippen LogP contribution in [0.25, 0.3) is 10.9 Å². The fourth-order valence-electron chi connectivity index (χ4n) is 1.91. The minimum Gasteiger partial charge on any atom is -0.478 e. The predicted molar refractivity (Wildman–Crippen MR) is 74.0 cm³/mol. The molecule has 0 aliphatic rings. The van der Waals surface area contributed by atoms with Crippen molar-refractivity contribution in [3.63, 3.8) is 0 Å². The fraction of sp³-hybridized carbons (Fsp3) is 0.286. The second kappa shape index (κ2) is 6.94. The van der Waals surface area contributed by atoms with Gasteiger partial charge >= 0.3 is 5.97 Å². The fourth-order valence-corrected chi connectivity index (χ4v) is 1.91. The Morgan fingerprint density at radius 1 is 1.38 bits per heavy atom. The number of carboxylic acid groups (broad SMARTS) is 1. The molecule has 0 aliphatic heterocycles. The SMILES string of the molecule is O=C(O)c1cnc2ccccc2c1NCCOCC(F)F. The van der Waals surface area contributed by atoms with Crippen LogP contribution in [0.4, 0.5) is 14.5 Å². The molecule has 21 heavy (non-hydrogen) atoms. The highest BCUT2D eigenvalue weighted by Crippen LogP contribution is 2.25. The third kappa shape index (κ3) is 3.85. The highest BCUT2D eigenvalue weighted by Gasteiger charge is 2.14. The lowest BCUT2D eigenvalue weighted by Crippen LogP contribution is -2.15. The van der Waals surface area contributed by atoms with Gasteiger partial charge in [0.05, 0.1) is 17.8 Å². The molecule has 0 bridgehead atoms. The maximum Gasteiger partial charge on any atom is 0.339 e. The molecule has 1 heterocycles. The monoisotopic (exact) mass is 296 g/mol. The quantitative estimate of drug-likeness (QED) is 0.769. The number of benzene rings is 1. The number of pyridine rings is 1. The van der Waals surface area contributed by atoms with Crippen molar-refractivity contribution in [2.75, 3.05) is 25.1 Å². The van der Waals surface area contributed by atoms with Crippen LogP contribution in [-0.2, 0) is 4.74 Å². The van der Waals surface area contributed by atoms with E-state index in [1.807, 2.05) is 0 Å². The zero-order chi connectivity index (χ0) is 15.2. The first-order valence-corrected chi connectivity index (χ1v) is 6.30. The molecule has 0 saturated carbocycles. The second-order valence-electron chi connectivity index (χ2n) is 4.26. The van der Waals surface area contributed by atoms with Gasteiger partial charge in [-0.3, -0.25) is 4.98 Å². The van der Waals surface area contributed by atoms with Gasteiger partial charge in [0.2, 0.25) is 0 Å². The molecular weight excluding hydrogens is 282 g/mol. The van der Waals surface area contributed by atoms with Crippen molar-refractivity contribution in [1.82, 2.24) is 4.98 Å². The molecule has 0 aliphatic carbocycles. The summed E-state index contributed by atoms with van der Waals surface area (Å²) in [5, 5.41) is 12.8. The minimum atomic E-state index is -2.51. The van der Waals surface area contributed by atoms with E-state index in [1.54, 1.807) is 24.3 Å². The van der Waals surface area contributed by atoms with E-state index in [1.165, 1.54) is 6.20 Å². The first kappa shape index (κ1) is 15.1.